The lowest BCUT2D eigenvalue weighted by Gasteiger charge is -2.19. The van der Waals surface area contributed by atoms with Gasteiger partial charge in [-0.25, -0.2) is 13.1 Å². The zero-order chi connectivity index (χ0) is 12.3. The van der Waals surface area contributed by atoms with Crippen LogP contribution in [0.4, 0.5) is 0 Å². The molecule has 0 amide bonds. The molecule has 0 aliphatic heterocycles. The van der Waals surface area contributed by atoms with Gasteiger partial charge in [-0.15, -0.1) is 11.3 Å². The van der Waals surface area contributed by atoms with E-state index in [1.54, 1.807) is 6.07 Å². The lowest BCUT2D eigenvalue weighted by atomic mass is 10.0. The molecule has 0 fully saturated rings. The van der Waals surface area contributed by atoms with Crippen LogP contribution in [0.1, 0.15) is 27.2 Å². The minimum absolute atomic E-state index is 0.0733. The molecule has 6 heteroatoms. The Bertz CT molecular complexity index is 441. The summed E-state index contributed by atoms with van der Waals surface area (Å²) >= 11 is 6.79. The van der Waals surface area contributed by atoms with E-state index in [1.807, 2.05) is 20.8 Å². The van der Waals surface area contributed by atoms with Gasteiger partial charge >= 0.3 is 0 Å². The van der Waals surface area contributed by atoms with Crippen molar-refractivity contribution in [3.8, 4) is 0 Å². The summed E-state index contributed by atoms with van der Waals surface area (Å²) in [6.45, 7) is 5.94. The summed E-state index contributed by atoms with van der Waals surface area (Å²) < 4.78 is 27.2. The molecule has 1 aromatic heterocycles. The molecule has 0 aromatic carbocycles. The molecule has 0 aliphatic carbocycles. The van der Waals surface area contributed by atoms with Gasteiger partial charge in [0.1, 0.15) is 4.21 Å². The molecule has 3 nitrogen and oxygen atoms in total. The number of nitrogens with one attached hydrogen (secondary N) is 1. The van der Waals surface area contributed by atoms with E-state index in [-0.39, 0.29) is 10.3 Å². The number of hydrogen-bond donors (Lipinski definition) is 1. The topological polar surface area (TPSA) is 46.2 Å². The normalized spacial score (nSPS) is 16.0. The number of hydrogen-bond acceptors (Lipinski definition) is 3. The Morgan fingerprint density at radius 3 is 2.50 bits per heavy atom. The first kappa shape index (κ1) is 14.0. The lowest BCUT2D eigenvalue weighted by Crippen LogP contribution is -2.36. The first-order valence-electron chi connectivity index (χ1n) is 5.14. The number of rotatable bonds is 5. The Morgan fingerprint density at radius 1 is 1.44 bits per heavy atom. The molecular formula is C10H16ClNO2S2. The minimum Gasteiger partial charge on any atom is -0.207 e. The number of sulfonamides is 1. The molecule has 0 unspecified atom stereocenters. The van der Waals surface area contributed by atoms with Crippen molar-refractivity contribution >= 4 is 33.0 Å². The standard InChI is InChI=1S/C10H16ClNO2S2/c1-4-7(2)8(3)12-16(13,14)10-6-5-9(11)15-10/h5-8,12H,4H2,1-3H3/t7-,8-/m1/s1. The van der Waals surface area contributed by atoms with Gasteiger partial charge < -0.3 is 0 Å². The fourth-order valence-corrected chi connectivity index (χ4v) is 4.07. The van der Waals surface area contributed by atoms with Crippen molar-refractivity contribution in [1.82, 2.24) is 4.72 Å². The summed E-state index contributed by atoms with van der Waals surface area (Å²) in [5.41, 5.74) is 0. The Kier molecular flexibility index (Phi) is 4.79. The van der Waals surface area contributed by atoms with Crippen LogP contribution in [0.25, 0.3) is 0 Å². The highest BCUT2D eigenvalue weighted by Gasteiger charge is 2.21. The van der Waals surface area contributed by atoms with E-state index in [0.717, 1.165) is 17.8 Å². The number of thiophene rings is 1. The molecule has 0 saturated carbocycles. The maximum absolute atomic E-state index is 11.9. The lowest BCUT2D eigenvalue weighted by molar-refractivity contribution is 0.434. The third-order valence-corrected chi connectivity index (χ3v) is 5.93. The van der Waals surface area contributed by atoms with Gasteiger partial charge in [0.25, 0.3) is 0 Å². The maximum atomic E-state index is 11.9. The van der Waals surface area contributed by atoms with E-state index in [0.29, 0.717) is 10.3 Å². The summed E-state index contributed by atoms with van der Waals surface area (Å²) in [5.74, 6) is 0.310. The van der Waals surface area contributed by atoms with Crippen LogP contribution < -0.4 is 4.72 Å². The highest BCUT2D eigenvalue weighted by molar-refractivity contribution is 7.91. The van der Waals surface area contributed by atoms with Crippen molar-refractivity contribution in [2.75, 3.05) is 0 Å². The molecule has 16 heavy (non-hydrogen) atoms. The fourth-order valence-electron chi connectivity index (χ4n) is 1.21. The van der Waals surface area contributed by atoms with Crippen LogP contribution in [-0.4, -0.2) is 14.5 Å². The van der Waals surface area contributed by atoms with Crippen LogP contribution >= 0.6 is 22.9 Å². The van der Waals surface area contributed by atoms with Crippen molar-refractivity contribution < 1.29 is 8.42 Å². The Morgan fingerprint density at radius 2 is 2.06 bits per heavy atom. The van der Waals surface area contributed by atoms with E-state index in [4.69, 9.17) is 11.6 Å². The molecule has 1 rings (SSSR count). The van der Waals surface area contributed by atoms with Gasteiger partial charge in [0.05, 0.1) is 4.34 Å². The van der Waals surface area contributed by atoms with Crippen molar-refractivity contribution in [1.29, 1.82) is 0 Å². The highest BCUT2D eigenvalue weighted by Crippen LogP contribution is 2.25. The Labute approximate surface area is 106 Å². The molecule has 0 spiro atoms. The summed E-state index contributed by atoms with van der Waals surface area (Å²) in [4.78, 5) is 0. The fraction of sp³-hybridized carbons (Fsp3) is 0.600. The van der Waals surface area contributed by atoms with Gasteiger partial charge in [0, 0.05) is 6.04 Å². The zero-order valence-corrected chi connectivity index (χ0v) is 11.9. The van der Waals surface area contributed by atoms with Crippen molar-refractivity contribution in [3.05, 3.63) is 16.5 Å². The third-order valence-electron chi connectivity index (χ3n) is 2.65. The summed E-state index contributed by atoms with van der Waals surface area (Å²) in [5, 5.41) is 0. The highest BCUT2D eigenvalue weighted by atomic mass is 35.5. The Hall–Kier alpha value is -0.100. The van der Waals surface area contributed by atoms with Gasteiger partial charge in [-0.2, -0.15) is 0 Å². The molecule has 0 saturated heterocycles. The van der Waals surface area contributed by atoms with Crippen molar-refractivity contribution in [2.24, 2.45) is 5.92 Å². The smallest absolute Gasteiger partial charge is 0.207 e. The number of halogens is 1. The average Bonchev–Trinajstić information content (AvgIpc) is 2.63. The van der Waals surface area contributed by atoms with Gasteiger partial charge in [0.2, 0.25) is 10.0 Å². The molecule has 0 bridgehead atoms. The summed E-state index contributed by atoms with van der Waals surface area (Å²) in [6.07, 6.45) is 0.939. The van der Waals surface area contributed by atoms with Gasteiger partial charge in [0.15, 0.2) is 0 Å². The molecule has 0 aliphatic rings. The predicted octanol–water partition coefficient (Wildman–Crippen LogP) is 3.11. The molecule has 1 heterocycles. The van der Waals surface area contributed by atoms with E-state index < -0.39 is 10.0 Å². The van der Waals surface area contributed by atoms with Gasteiger partial charge in [-0.3, -0.25) is 0 Å². The molecular weight excluding hydrogens is 266 g/mol. The first-order chi connectivity index (χ1) is 7.36. The van der Waals surface area contributed by atoms with Crippen LogP contribution in [0.3, 0.4) is 0 Å². The van der Waals surface area contributed by atoms with Crippen LogP contribution in [0.15, 0.2) is 16.3 Å². The van der Waals surface area contributed by atoms with E-state index in [2.05, 4.69) is 4.72 Å². The SMILES string of the molecule is CC[C@@H](C)[C@@H](C)NS(=O)(=O)c1ccc(Cl)s1. The van der Waals surface area contributed by atoms with Crippen LogP contribution in [-0.2, 0) is 10.0 Å². The molecule has 92 valence electrons. The summed E-state index contributed by atoms with van der Waals surface area (Å²) in [6, 6.07) is 3.05. The van der Waals surface area contributed by atoms with E-state index in [1.165, 1.54) is 6.07 Å². The van der Waals surface area contributed by atoms with Gasteiger partial charge in [-0.05, 0) is 25.0 Å². The monoisotopic (exact) mass is 281 g/mol. The van der Waals surface area contributed by atoms with Crippen LogP contribution in [0.2, 0.25) is 4.34 Å². The second-order valence-corrected chi connectivity index (χ2v) is 7.51. The third kappa shape index (κ3) is 3.45. The maximum Gasteiger partial charge on any atom is 0.250 e. The molecule has 1 aromatic rings. The van der Waals surface area contributed by atoms with Crippen LogP contribution in [0.5, 0.6) is 0 Å². The molecule has 0 radical (unpaired) electrons. The second-order valence-electron chi connectivity index (χ2n) is 3.85. The van der Waals surface area contributed by atoms with E-state index in [9.17, 15) is 8.42 Å². The van der Waals surface area contributed by atoms with Crippen molar-refractivity contribution in [2.45, 2.75) is 37.4 Å². The predicted molar refractivity (Wildman–Crippen MR) is 68.6 cm³/mol. The molecule has 1 N–H and O–H groups in total. The minimum atomic E-state index is -3.41. The average molecular weight is 282 g/mol. The quantitative estimate of drug-likeness (QED) is 0.901. The van der Waals surface area contributed by atoms with Crippen LogP contribution in [0, 0.1) is 5.92 Å². The largest absolute Gasteiger partial charge is 0.250 e. The van der Waals surface area contributed by atoms with Crippen molar-refractivity contribution in [3.63, 3.8) is 0 Å². The Balaban J connectivity index is 2.80. The molecule has 2 atom stereocenters. The van der Waals surface area contributed by atoms with E-state index >= 15 is 0 Å². The zero-order valence-electron chi connectivity index (χ0n) is 9.53. The first-order valence-corrected chi connectivity index (χ1v) is 7.82. The van der Waals surface area contributed by atoms with Gasteiger partial charge in [-0.1, -0.05) is 31.9 Å². The summed E-state index contributed by atoms with van der Waals surface area (Å²) in [7, 11) is -3.41. The second kappa shape index (κ2) is 5.49.